The van der Waals surface area contributed by atoms with Crippen LogP contribution in [0.1, 0.15) is 39.7 Å². The van der Waals surface area contributed by atoms with Gasteiger partial charge in [0.1, 0.15) is 5.58 Å². The molecular weight excluding hydrogens is 424 g/mol. The zero-order valence-corrected chi connectivity index (χ0v) is 17.8. The van der Waals surface area contributed by atoms with E-state index in [2.05, 4.69) is 4.98 Å². The molecule has 5 rings (SSSR count). The number of nitrogens with zero attached hydrogens (tertiary/aromatic N) is 4. The van der Waals surface area contributed by atoms with Crippen LogP contribution in [0.15, 0.2) is 70.4 Å². The predicted octanol–water partition coefficient (Wildman–Crippen LogP) is 3.84. The lowest BCUT2D eigenvalue weighted by Gasteiger charge is -2.25. The second-order valence-electron chi connectivity index (χ2n) is 8.08. The first-order valence-electron chi connectivity index (χ1n) is 10.5. The molecule has 33 heavy (non-hydrogen) atoms. The van der Waals surface area contributed by atoms with Crippen LogP contribution < -0.4 is 5.43 Å². The zero-order chi connectivity index (χ0) is 23.1. The molecule has 0 spiro atoms. The molecule has 0 aliphatic carbocycles. The largest absolute Gasteiger partial charge is 0.450 e. The van der Waals surface area contributed by atoms with Gasteiger partial charge in [0.15, 0.2) is 5.43 Å². The number of hydrogen-bond acceptors (Lipinski definition) is 6. The van der Waals surface area contributed by atoms with Crippen LogP contribution in [0.4, 0.5) is 5.69 Å². The van der Waals surface area contributed by atoms with E-state index in [0.29, 0.717) is 36.0 Å². The van der Waals surface area contributed by atoms with Crippen LogP contribution in [-0.2, 0) is 6.54 Å². The Balaban J connectivity index is 1.63. The smallest absolute Gasteiger partial charge is 0.290 e. The number of carbonyl (C=O) groups excluding carboxylic acids is 1. The normalized spacial score (nSPS) is 15.2. The van der Waals surface area contributed by atoms with Crippen molar-refractivity contribution in [2.75, 3.05) is 6.54 Å². The number of rotatable bonds is 6. The third kappa shape index (κ3) is 3.57. The molecule has 0 fully saturated rings. The van der Waals surface area contributed by atoms with Gasteiger partial charge >= 0.3 is 0 Å². The highest BCUT2D eigenvalue weighted by molar-refractivity contribution is 5.99. The van der Waals surface area contributed by atoms with E-state index in [4.69, 9.17) is 4.42 Å². The summed E-state index contributed by atoms with van der Waals surface area (Å²) in [4.78, 5) is 43.4. The van der Waals surface area contributed by atoms with Crippen molar-refractivity contribution in [1.82, 2.24) is 14.5 Å². The summed E-state index contributed by atoms with van der Waals surface area (Å²) in [6.07, 6.45) is 5.81. The minimum Gasteiger partial charge on any atom is -0.450 e. The Morgan fingerprint density at radius 2 is 2.00 bits per heavy atom. The zero-order valence-electron chi connectivity index (χ0n) is 17.8. The topological polar surface area (TPSA) is 111 Å². The lowest BCUT2D eigenvalue weighted by atomic mass is 9.97. The van der Waals surface area contributed by atoms with E-state index >= 15 is 0 Å². The van der Waals surface area contributed by atoms with Crippen molar-refractivity contribution in [3.8, 4) is 0 Å². The number of hydrogen-bond donors (Lipinski definition) is 0. The van der Waals surface area contributed by atoms with Gasteiger partial charge < -0.3 is 13.9 Å². The van der Waals surface area contributed by atoms with Crippen LogP contribution in [0.5, 0.6) is 0 Å². The quantitative estimate of drug-likeness (QED) is 0.330. The molecule has 0 radical (unpaired) electrons. The SMILES string of the molecule is Cc1ccc2oc3c(c(=O)c2c1)[C@@H](c1cccc([N+](=O)[O-])c1)N(CCCn1ccnc1)C3=O. The second-order valence-corrected chi connectivity index (χ2v) is 8.08. The van der Waals surface area contributed by atoms with Crippen molar-refractivity contribution in [1.29, 1.82) is 0 Å². The lowest BCUT2D eigenvalue weighted by molar-refractivity contribution is -0.384. The number of benzene rings is 2. The maximum atomic E-state index is 13.5. The molecule has 2 aromatic carbocycles. The van der Waals surface area contributed by atoms with Gasteiger partial charge in [-0.1, -0.05) is 23.8 Å². The second kappa shape index (κ2) is 8.01. The van der Waals surface area contributed by atoms with E-state index in [1.165, 1.54) is 12.1 Å². The van der Waals surface area contributed by atoms with Gasteiger partial charge in [-0.25, -0.2) is 4.98 Å². The van der Waals surface area contributed by atoms with Crippen molar-refractivity contribution in [3.63, 3.8) is 0 Å². The van der Waals surface area contributed by atoms with Crippen molar-refractivity contribution in [2.24, 2.45) is 0 Å². The number of fused-ring (bicyclic) bond motifs is 2. The molecule has 2 aromatic heterocycles. The summed E-state index contributed by atoms with van der Waals surface area (Å²) in [6, 6.07) is 10.5. The summed E-state index contributed by atoms with van der Waals surface area (Å²) in [5.74, 6) is -0.401. The van der Waals surface area contributed by atoms with Crippen molar-refractivity contribution in [2.45, 2.75) is 25.9 Å². The maximum absolute atomic E-state index is 13.5. The van der Waals surface area contributed by atoms with Gasteiger partial charge in [0.05, 0.1) is 28.2 Å². The number of imidazole rings is 1. The van der Waals surface area contributed by atoms with Gasteiger partial charge in [0.2, 0.25) is 5.76 Å². The van der Waals surface area contributed by atoms with Gasteiger partial charge in [0.25, 0.3) is 11.6 Å². The number of non-ortho nitro benzene ring substituents is 1. The van der Waals surface area contributed by atoms with Gasteiger partial charge in [-0.2, -0.15) is 0 Å². The van der Waals surface area contributed by atoms with Crippen LogP contribution in [-0.4, -0.2) is 31.8 Å². The van der Waals surface area contributed by atoms with Gasteiger partial charge in [-0.3, -0.25) is 19.7 Å². The van der Waals surface area contributed by atoms with E-state index in [-0.39, 0.29) is 22.4 Å². The number of carbonyl (C=O) groups is 1. The first-order valence-corrected chi connectivity index (χ1v) is 10.5. The Morgan fingerprint density at radius 1 is 1.15 bits per heavy atom. The minimum atomic E-state index is -0.767. The lowest BCUT2D eigenvalue weighted by Crippen LogP contribution is -2.31. The fourth-order valence-electron chi connectivity index (χ4n) is 4.36. The molecular formula is C24H20N4O5. The highest BCUT2D eigenvalue weighted by Gasteiger charge is 2.42. The van der Waals surface area contributed by atoms with Crippen LogP contribution in [0.3, 0.4) is 0 Å². The third-order valence-electron chi connectivity index (χ3n) is 5.89. The van der Waals surface area contributed by atoms with Crippen LogP contribution in [0.25, 0.3) is 11.0 Å². The standard InChI is InChI=1S/C24H20N4O5/c1-15-6-7-19-18(12-15)22(29)20-21(16-4-2-5-17(13-16)28(31)32)27(24(30)23(20)33-19)10-3-9-26-11-8-25-14-26/h2,4-8,11-14,21H,3,9-10H2,1H3/t21-/m1/s1. The molecule has 0 N–H and O–H groups in total. The Hall–Kier alpha value is -4.27. The third-order valence-corrected chi connectivity index (χ3v) is 5.89. The predicted molar refractivity (Wildman–Crippen MR) is 120 cm³/mol. The van der Waals surface area contributed by atoms with Crippen molar-refractivity contribution < 1.29 is 14.1 Å². The fraction of sp³-hybridized carbons (Fsp3) is 0.208. The summed E-state index contributed by atoms with van der Waals surface area (Å²) in [5.41, 5.74) is 1.56. The summed E-state index contributed by atoms with van der Waals surface area (Å²) >= 11 is 0. The molecule has 9 nitrogen and oxygen atoms in total. The molecule has 4 aromatic rings. The monoisotopic (exact) mass is 444 g/mol. The molecule has 1 aliphatic heterocycles. The molecule has 1 aliphatic rings. The number of aromatic nitrogens is 2. The average molecular weight is 444 g/mol. The number of aryl methyl sites for hydroxylation is 2. The molecule has 3 heterocycles. The van der Waals surface area contributed by atoms with Crippen LogP contribution >= 0.6 is 0 Å². The van der Waals surface area contributed by atoms with Crippen LogP contribution in [0, 0.1) is 17.0 Å². The molecule has 1 atom stereocenters. The highest BCUT2D eigenvalue weighted by atomic mass is 16.6. The Morgan fingerprint density at radius 3 is 2.76 bits per heavy atom. The highest BCUT2D eigenvalue weighted by Crippen LogP contribution is 2.39. The van der Waals surface area contributed by atoms with E-state index in [1.54, 1.807) is 41.7 Å². The summed E-state index contributed by atoms with van der Waals surface area (Å²) in [7, 11) is 0. The first-order chi connectivity index (χ1) is 15.9. The van der Waals surface area contributed by atoms with Crippen LogP contribution in [0.2, 0.25) is 0 Å². The average Bonchev–Trinajstić information content (AvgIpc) is 3.42. The maximum Gasteiger partial charge on any atom is 0.290 e. The summed E-state index contributed by atoms with van der Waals surface area (Å²) < 4.78 is 7.82. The van der Waals surface area contributed by atoms with Crippen molar-refractivity contribution >= 4 is 22.6 Å². The molecule has 0 bridgehead atoms. The number of nitro groups is 1. The molecule has 1 amide bonds. The summed E-state index contributed by atoms with van der Waals surface area (Å²) in [5, 5.41) is 11.8. The summed E-state index contributed by atoms with van der Waals surface area (Å²) in [6.45, 7) is 2.84. The Labute approximate surface area is 188 Å². The Kier molecular flexibility index (Phi) is 5.01. The minimum absolute atomic E-state index is 0.00418. The van der Waals surface area contributed by atoms with Gasteiger partial charge in [-0.05, 0) is 31.0 Å². The molecule has 166 valence electrons. The molecule has 0 saturated carbocycles. The first kappa shape index (κ1) is 20.6. The van der Waals surface area contributed by atoms with Crippen molar-refractivity contribution in [3.05, 3.63) is 104 Å². The van der Waals surface area contributed by atoms with E-state index in [0.717, 1.165) is 5.56 Å². The van der Waals surface area contributed by atoms with E-state index in [9.17, 15) is 19.7 Å². The van der Waals surface area contributed by atoms with E-state index < -0.39 is 16.9 Å². The van der Waals surface area contributed by atoms with E-state index in [1.807, 2.05) is 23.8 Å². The number of nitro benzene ring substituents is 1. The molecule has 0 saturated heterocycles. The fourth-order valence-corrected chi connectivity index (χ4v) is 4.36. The van der Waals surface area contributed by atoms with Gasteiger partial charge in [0, 0.05) is 37.6 Å². The number of amides is 1. The van der Waals surface area contributed by atoms with Gasteiger partial charge in [-0.15, -0.1) is 0 Å². The molecule has 9 heteroatoms. The Bertz CT molecular complexity index is 1440. The molecule has 0 unspecified atom stereocenters.